The lowest BCUT2D eigenvalue weighted by Crippen LogP contribution is -2.45. The number of hydrogen-bond acceptors (Lipinski definition) is 4. The first-order valence-electron chi connectivity index (χ1n) is 8.07. The van der Waals surface area contributed by atoms with Crippen molar-refractivity contribution in [3.05, 3.63) is 65.7 Å². The molecule has 25 heavy (non-hydrogen) atoms. The number of rotatable bonds is 8. The van der Waals surface area contributed by atoms with Gasteiger partial charge in [-0.3, -0.25) is 0 Å². The van der Waals surface area contributed by atoms with E-state index in [1.807, 2.05) is 61.5 Å². The lowest BCUT2D eigenvalue weighted by molar-refractivity contribution is -0.147. The summed E-state index contributed by atoms with van der Waals surface area (Å²) in [5, 5.41) is 2.44. The van der Waals surface area contributed by atoms with Crippen molar-refractivity contribution in [3.63, 3.8) is 0 Å². The van der Waals surface area contributed by atoms with Crippen LogP contribution in [0.4, 0.5) is 4.79 Å². The first-order chi connectivity index (χ1) is 12.1. The molecule has 0 spiro atoms. The molecule has 3 N–H and O–H groups in total. The third-order valence-electron chi connectivity index (χ3n) is 3.53. The highest BCUT2D eigenvalue weighted by atomic mass is 16.5. The van der Waals surface area contributed by atoms with Gasteiger partial charge in [0.1, 0.15) is 18.4 Å². The van der Waals surface area contributed by atoms with E-state index in [0.29, 0.717) is 18.8 Å². The number of carbonyl (C=O) groups is 2. The molecule has 0 heterocycles. The summed E-state index contributed by atoms with van der Waals surface area (Å²) < 4.78 is 10.9. The van der Waals surface area contributed by atoms with Crippen LogP contribution in [0, 0.1) is 0 Å². The van der Waals surface area contributed by atoms with Crippen molar-refractivity contribution in [2.24, 2.45) is 5.73 Å². The van der Waals surface area contributed by atoms with Crippen LogP contribution in [0.1, 0.15) is 18.1 Å². The van der Waals surface area contributed by atoms with Crippen LogP contribution < -0.4 is 15.8 Å². The maximum atomic E-state index is 12.4. The Hall–Kier alpha value is -3.02. The molecule has 0 unspecified atom stereocenters. The molecule has 0 bridgehead atoms. The standard InChI is InChI=1S/C19H22N2O4/c1-2-24-17-11-7-6-10-15(17)13-25-18(22)16(21-19(20)23)12-14-8-4-3-5-9-14/h3-11,16H,2,12-13H2,1H3,(H3,20,21,23)/t16-/m0/s1. The van der Waals surface area contributed by atoms with Crippen LogP contribution in [0.15, 0.2) is 54.6 Å². The minimum atomic E-state index is -0.848. The number of amides is 2. The highest BCUT2D eigenvalue weighted by Crippen LogP contribution is 2.19. The second kappa shape index (κ2) is 9.32. The molecule has 0 saturated carbocycles. The Morgan fingerprint density at radius 2 is 1.76 bits per heavy atom. The average molecular weight is 342 g/mol. The number of benzene rings is 2. The van der Waals surface area contributed by atoms with Crippen LogP contribution in [-0.2, 0) is 22.6 Å². The zero-order valence-corrected chi connectivity index (χ0v) is 14.1. The van der Waals surface area contributed by atoms with E-state index >= 15 is 0 Å². The Balaban J connectivity index is 2.03. The van der Waals surface area contributed by atoms with Gasteiger partial charge in [-0.2, -0.15) is 0 Å². The van der Waals surface area contributed by atoms with Gasteiger partial charge < -0.3 is 20.5 Å². The summed E-state index contributed by atoms with van der Waals surface area (Å²) >= 11 is 0. The number of nitrogens with one attached hydrogen (secondary N) is 1. The Labute approximate surface area is 146 Å². The third kappa shape index (κ3) is 5.84. The summed E-state index contributed by atoms with van der Waals surface area (Å²) in [6.45, 7) is 2.46. The number of carbonyl (C=O) groups excluding carboxylic acids is 2. The molecule has 0 fully saturated rings. The maximum Gasteiger partial charge on any atom is 0.329 e. The molecule has 132 valence electrons. The molecule has 2 aromatic rings. The van der Waals surface area contributed by atoms with Crippen LogP contribution in [0.2, 0.25) is 0 Å². The molecule has 0 radical (unpaired) electrons. The molecule has 2 rings (SSSR count). The molecule has 6 heteroatoms. The number of esters is 1. The van der Waals surface area contributed by atoms with E-state index in [-0.39, 0.29) is 6.61 Å². The van der Waals surface area contributed by atoms with Gasteiger partial charge in [0, 0.05) is 12.0 Å². The van der Waals surface area contributed by atoms with Crippen molar-refractivity contribution in [2.75, 3.05) is 6.61 Å². The number of nitrogens with two attached hydrogens (primary N) is 1. The van der Waals surface area contributed by atoms with Gasteiger partial charge in [-0.25, -0.2) is 9.59 Å². The van der Waals surface area contributed by atoms with Crippen LogP contribution in [0.25, 0.3) is 0 Å². The van der Waals surface area contributed by atoms with Crippen molar-refractivity contribution in [3.8, 4) is 5.75 Å². The molecule has 1 atom stereocenters. The Bertz CT molecular complexity index is 704. The predicted molar refractivity (Wildman–Crippen MR) is 94.1 cm³/mol. The maximum absolute atomic E-state index is 12.4. The largest absolute Gasteiger partial charge is 0.493 e. The molecule has 0 aliphatic carbocycles. The topological polar surface area (TPSA) is 90.7 Å². The highest BCUT2D eigenvalue weighted by Gasteiger charge is 2.22. The second-order valence-electron chi connectivity index (χ2n) is 5.40. The Kier molecular flexibility index (Phi) is 6.83. The highest BCUT2D eigenvalue weighted by molar-refractivity contribution is 5.83. The first-order valence-corrected chi connectivity index (χ1v) is 8.07. The van der Waals surface area contributed by atoms with E-state index in [1.165, 1.54) is 0 Å². The van der Waals surface area contributed by atoms with Crippen LogP contribution in [-0.4, -0.2) is 24.6 Å². The van der Waals surface area contributed by atoms with Crippen molar-refractivity contribution < 1.29 is 19.1 Å². The van der Waals surface area contributed by atoms with Gasteiger partial charge in [0.2, 0.25) is 0 Å². The number of urea groups is 1. The lowest BCUT2D eigenvalue weighted by Gasteiger charge is -2.17. The van der Waals surface area contributed by atoms with E-state index in [1.54, 1.807) is 0 Å². The fourth-order valence-electron chi connectivity index (χ4n) is 2.38. The Morgan fingerprint density at radius 1 is 1.08 bits per heavy atom. The molecule has 6 nitrogen and oxygen atoms in total. The van der Waals surface area contributed by atoms with Gasteiger partial charge in [-0.05, 0) is 18.6 Å². The van der Waals surface area contributed by atoms with Crippen LogP contribution in [0.3, 0.4) is 0 Å². The third-order valence-corrected chi connectivity index (χ3v) is 3.53. The van der Waals surface area contributed by atoms with E-state index < -0.39 is 18.0 Å². The summed E-state index contributed by atoms with van der Waals surface area (Å²) in [7, 11) is 0. The molecule has 0 aliphatic heterocycles. The van der Waals surface area contributed by atoms with Gasteiger partial charge in [0.15, 0.2) is 0 Å². The number of para-hydroxylation sites is 1. The van der Waals surface area contributed by atoms with Gasteiger partial charge in [-0.1, -0.05) is 48.5 Å². The van der Waals surface area contributed by atoms with Crippen molar-refractivity contribution in [1.29, 1.82) is 0 Å². The molecule has 0 aromatic heterocycles. The van der Waals surface area contributed by atoms with E-state index in [9.17, 15) is 9.59 Å². The zero-order valence-electron chi connectivity index (χ0n) is 14.1. The van der Waals surface area contributed by atoms with Crippen LogP contribution in [0.5, 0.6) is 5.75 Å². The summed E-state index contributed by atoms with van der Waals surface area (Å²) in [4.78, 5) is 23.6. The van der Waals surface area contributed by atoms with Gasteiger partial charge in [0.05, 0.1) is 6.61 Å². The smallest absolute Gasteiger partial charge is 0.329 e. The fourth-order valence-corrected chi connectivity index (χ4v) is 2.38. The zero-order chi connectivity index (χ0) is 18.1. The summed E-state index contributed by atoms with van der Waals surface area (Å²) in [6.07, 6.45) is 0.301. The summed E-state index contributed by atoms with van der Waals surface area (Å²) in [5.41, 5.74) is 6.83. The Morgan fingerprint density at radius 3 is 2.44 bits per heavy atom. The molecule has 2 amide bonds. The SMILES string of the molecule is CCOc1ccccc1COC(=O)[C@H](Cc1ccccc1)NC(N)=O. The van der Waals surface area contributed by atoms with E-state index in [4.69, 9.17) is 15.2 Å². The monoisotopic (exact) mass is 342 g/mol. The normalized spacial score (nSPS) is 11.4. The fraction of sp³-hybridized carbons (Fsp3) is 0.263. The minimum Gasteiger partial charge on any atom is -0.493 e. The number of hydrogen-bond donors (Lipinski definition) is 2. The van der Waals surface area contributed by atoms with Gasteiger partial charge in [-0.15, -0.1) is 0 Å². The number of primary amides is 1. The average Bonchev–Trinajstić information content (AvgIpc) is 2.61. The molecular weight excluding hydrogens is 320 g/mol. The van der Waals surface area contributed by atoms with Crippen molar-refractivity contribution >= 4 is 12.0 Å². The molecule has 2 aromatic carbocycles. The van der Waals surface area contributed by atoms with E-state index in [2.05, 4.69) is 5.32 Å². The molecular formula is C19H22N2O4. The quantitative estimate of drug-likeness (QED) is 0.721. The molecule has 0 saturated heterocycles. The number of ether oxygens (including phenoxy) is 2. The lowest BCUT2D eigenvalue weighted by atomic mass is 10.1. The van der Waals surface area contributed by atoms with Crippen molar-refractivity contribution in [2.45, 2.75) is 26.0 Å². The summed E-state index contributed by atoms with van der Waals surface area (Å²) in [5.74, 6) is 0.120. The predicted octanol–water partition coefficient (Wildman–Crippen LogP) is 2.41. The summed E-state index contributed by atoms with van der Waals surface area (Å²) in [6, 6.07) is 15.1. The minimum absolute atomic E-state index is 0.0563. The second-order valence-corrected chi connectivity index (χ2v) is 5.40. The van der Waals surface area contributed by atoms with Gasteiger partial charge in [0.25, 0.3) is 0 Å². The first kappa shape index (κ1) is 18.3. The van der Waals surface area contributed by atoms with E-state index in [0.717, 1.165) is 11.1 Å². The van der Waals surface area contributed by atoms with Gasteiger partial charge >= 0.3 is 12.0 Å². The molecule has 0 aliphatic rings. The van der Waals surface area contributed by atoms with Crippen molar-refractivity contribution in [1.82, 2.24) is 5.32 Å². The van der Waals surface area contributed by atoms with Crippen LogP contribution >= 0.6 is 0 Å².